The minimum atomic E-state index is -1.08. The van der Waals surface area contributed by atoms with Crippen molar-refractivity contribution in [1.29, 1.82) is 0 Å². The van der Waals surface area contributed by atoms with Crippen molar-refractivity contribution in [3.05, 3.63) is 64.7 Å². The van der Waals surface area contributed by atoms with Gasteiger partial charge < -0.3 is 40.1 Å². The van der Waals surface area contributed by atoms with E-state index < -0.39 is 24.1 Å². The summed E-state index contributed by atoms with van der Waals surface area (Å²) in [5, 5.41) is 60.5. The number of aromatic hydroxyl groups is 5. The van der Waals surface area contributed by atoms with Gasteiger partial charge in [0.25, 0.3) is 0 Å². The van der Waals surface area contributed by atoms with Crippen LogP contribution in [0.5, 0.6) is 40.2 Å². The first kappa shape index (κ1) is 20.8. The number of fused-ring (bicyclic) bond motifs is 3. The molecule has 9 heteroatoms. The molecule has 0 radical (unpaired) electrons. The fourth-order valence-corrected chi connectivity index (χ4v) is 4.43. The molecule has 0 spiro atoms. The van der Waals surface area contributed by atoms with Crippen LogP contribution in [0.3, 0.4) is 0 Å². The second kappa shape index (κ2) is 7.49. The molecule has 0 bridgehead atoms. The van der Waals surface area contributed by atoms with Gasteiger partial charge in [0, 0.05) is 29.5 Å². The van der Waals surface area contributed by atoms with Gasteiger partial charge in [-0.25, -0.2) is 0 Å². The first-order valence-corrected chi connectivity index (χ1v) is 10.2. The minimum absolute atomic E-state index is 0.0161. The summed E-state index contributed by atoms with van der Waals surface area (Å²) in [4.78, 5) is 12.3. The molecule has 3 aromatic rings. The lowest BCUT2D eigenvalue weighted by Gasteiger charge is -2.36. The lowest BCUT2D eigenvalue weighted by atomic mass is 9.82. The molecule has 5 rings (SSSR count). The van der Waals surface area contributed by atoms with Crippen molar-refractivity contribution in [3.8, 4) is 40.2 Å². The Bertz CT molecular complexity index is 1280. The van der Waals surface area contributed by atoms with Crippen molar-refractivity contribution >= 4 is 5.97 Å². The zero-order chi connectivity index (χ0) is 23.4. The van der Waals surface area contributed by atoms with Gasteiger partial charge in [-0.2, -0.15) is 0 Å². The summed E-state index contributed by atoms with van der Waals surface area (Å²) in [6, 6.07) is 9.56. The number of carbonyl (C=O) groups is 1. The zero-order valence-corrected chi connectivity index (χ0v) is 17.1. The van der Waals surface area contributed by atoms with Crippen LogP contribution in [0, 0.1) is 0 Å². The Balaban J connectivity index is 1.66. The first-order chi connectivity index (χ1) is 15.7. The monoisotopic (exact) mass is 452 g/mol. The number of hydrogen-bond acceptors (Lipinski definition) is 9. The lowest BCUT2D eigenvalue weighted by molar-refractivity contribution is -0.135. The average Bonchev–Trinajstić information content (AvgIpc) is 2.77. The van der Waals surface area contributed by atoms with Gasteiger partial charge in [0.2, 0.25) is 0 Å². The number of hydrogen-bond donors (Lipinski definition) is 6. The van der Waals surface area contributed by atoms with E-state index in [1.54, 1.807) is 6.07 Å². The number of rotatable bonds is 2. The third-order valence-electron chi connectivity index (χ3n) is 6.04. The maximum Gasteiger partial charge on any atom is 0.312 e. The fraction of sp³-hybridized carbons (Fsp3) is 0.208. The molecule has 2 heterocycles. The van der Waals surface area contributed by atoms with E-state index in [0.29, 0.717) is 22.3 Å². The normalized spacial score (nSPS) is 21.5. The van der Waals surface area contributed by atoms with Crippen molar-refractivity contribution in [2.45, 2.75) is 31.0 Å². The van der Waals surface area contributed by atoms with Gasteiger partial charge in [-0.3, -0.25) is 4.79 Å². The summed E-state index contributed by atoms with van der Waals surface area (Å²) >= 11 is 0. The van der Waals surface area contributed by atoms with Crippen LogP contribution < -0.4 is 9.47 Å². The van der Waals surface area contributed by atoms with Crippen LogP contribution in [0.2, 0.25) is 0 Å². The smallest absolute Gasteiger partial charge is 0.312 e. The summed E-state index contributed by atoms with van der Waals surface area (Å²) < 4.78 is 11.5. The van der Waals surface area contributed by atoms with Crippen molar-refractivity contribution in [1.82, 2.24) is 0 Å². The third-order valence-corrected chi connectivity index (χ3v) is 6.04. The fourth-order valence-electron chi connectivity index (χ4n) is 4.43. The van der Waals surface area contributed by atoms with E-state index >= 15 is 0 Å². The van der Waals surface area contributed by atoms with Crippen LogP contribution in [0.25, 0.3) is 0 Å². The molecule has 0 saturated carbocycles. The van der Waals surface area contributed by atoms with E-state index in [-0.39, 0.29) is 53.1 Å². The van der Waals surface area contributed by atoms with Crippen LogP contribution in [0.4, 0.5) is 0 Å². The number of aliphatic hydroxyl groups excluding tert-OH is 1. The summed E-state index contributed by atoms with van der Waals surface area (Å²) in [5.74, 6) is -2.43. The minimum Gasteiger partial charge on any atom is -0.507 e. The molecular weight excluding hydrogens is 432 g/mol. The van der Waals surface area contributed by atoms with Gasteiger partial charge in [-0.15, -0.1) is 0 Å². The zero-order valence-electron chi connectivity index (χ0n) is 17.1. The molecule has 2 aliphatic rings. The third kappa shape index (κ3) is 3.42. The van der Waals surface area contributed by atoms with Gasteiger partial charge in [-0.05, 0) is 35.4 Å². The predicted molar refractivity (Wildman–Crippen MR) is 113 cm³/mol. The Hall–Kier alpha value is -4.11. The second-order valence-corrected chi connectivity index (χ2v) is 8.15. The Labute approximate surface area is 187 Å². The molecule has 0 amide bonds. The van der Waals surface area contributed by atoms with Gasteiger partial charge in [0.05, 0.1) is 12.5 Å². The molecule has 33 heavy (non-hydrogen) atoms. The van der Waals surface area contributed by atoms with E-state index in [9.17, 15) is 35.4 Å². The predicted octanol–water partition coefficient (Wildman–Crippen LogP) is 2.69. The molecule has 0 aromatic heterocycles. The SMILES string of the molecule is O=C1C[C@H](c2ccc(O)c(O)c2)c2c(cc(O)c3c2O[C@H](c2ccc(O)c(O)c2)[C@@H](O)C3)O1. The molecule has 9 nitrogen and oxygen atoms in total. The topological polar surface area (TPSA) is 157 Å². The van der Waals surface area contributed by atoms with Crippen LogP contribution >= 0.6 is 0 Å². The van der Waals surface area contributed by atoms with Crippen molar-refractivity contribution in [3.63, 3.8) is 0 Å². The van der Waals surface area contributed by atoms with Crippen LogP contribution in [-0.2, 0) is 11.2 Å². The Morgan fingerprint density at radius 3 is 2.06 bits per heavy atom. The van der Waals surface area contributed by atoms with E-state index in [1.807, 2.05) is 0 Å². The highest BCUT2D eigenvalue weighted by Crippen LogP contribution is 2.52. The maximum absolute atomic E-state index is 12.3. The number of aliphatic hydroxyl groups is 1. The van der Waals surface area contributed by atoms with Crippen LogP contribution in [0.1, 0.15) is 40.7 Å². The van der Waals surface area contributed by atoms with Gasteiger partial charge in [0.15, 0.2) is 23.0 Å². The molecule has 0 fully saturated rings. The van der Waals surface area contributed by atoms with Gasteiger partial charge >= 0.3 is 5.97 Å². The number of esters is 1. The molecule has 3 atom stereocenters. The highest BCUT2D eigenvalue weighted by Gasteiger charge is 2.40. The molecule has 3 aromatic carbocycles. The van der Waals surface area contributed by atoms with E-state index in [2.05, 4.69) is 0 Å². The molecule has 170 valence electrons. The quantitative estimate of drug-likeness (QED) is 0.195. The van der Waals surface area contributed by atoms with Gasteiger partial charge in [-0.1, -0.05) is 12.1 Å². The highest BCUT2D eigenvalue weighted by atomic mass is 16.5. The van der Waals surface area contributed by atoms with Crippen molar-refractivity contribution in [2.75, 3.05) is 0 Å². The Kier molecular flexibility index (Phi) is 4.71. The maximum atomic E-state index is 12.3. The van der Waals surface area contributed by atoms with Crippen LogP contribution in [0.15, 0.2) is 42.5 Å². The molecule has 2 aliphatic heterocycles. The molecular formula is C24H20O9. The van der Waals surface area contributed by atoms with E-state index in [0.717, 1.165) is 0 Å². The lowest BCUT2D eigenvalue weighted by Crippen LogP contribution is -2.32. The molecule has 0 unspecified atom stereocenters. The molecule has 0 saturated heterocycles. The van der Waals surface area contributed by atoms with Crippen molar-refractivity contribution < 1.29 is 44.9 Å². The Morgan fingerprint density at radius 2 is 1.39 bits per heavy atom. The standard InChI is InChI=1S/C24H20O9/c25-14-3-1-10(5-17(14)28)12-8-21(31)32-20-9-16(27)13-7-19(30)23(33-24(13)22(12)20)11-2-4-15(26)18(29)6-11/h1-6,9,12,19,23,25-30H,7-8H2/t12-,19+,23-/m1/s1. The molecule has 0 aliphatic carbocycles. The van der Waals surface area contributed by atoms with E-state index in [1.165, 1.54) is 36.4 Å². The highest BCUT2D eigenvalue weighted by molar-refractivity contribution is 5.80. The summed E-state index contributed by atoms with van der Waals surface area (Å²) in [5.41, 5.74) is 1.69. The second-order valence-electron chi connectivity index (χ2n) is 8.15. The number of phenols is 5. The largest absolute Gasteiger partial charge is 0.507 e. The van der Waals surface area contributed by atoms with Gasteiger partial charge in [0.1, 0.15) is 23.4 Å². The average molecular weight is 452 g/mol. The first-order valence-electron chi connectivity index (χ1n) is 10.2. The van der Waals surface area contributed by atoms with Crippen LogP contribution in [-0.4, -0.2) is 42.7 Å². The van der Waals surface area contributed by atoms with E-state index in [4.69, 9.17) is 9.47 Å². The summed E-state index contributed by atoms with van der Waals surface area (Å²) in [6.45, 7) is 0. The molecule has 6 N–H and O–H groups in total. The number of phenolic OH excluding ortho intramolecular Hbond substituents is 5. The summed E-state index contributed by atoms with van der Waals surface area (Å²) in [6.07, 6.45) is -2.08. The number of ether oxygens (including phenoxy) is 2. The number of benzene rings is 3. The summed E-state index contributed by atoms with van der Waals surface area (Å²) in [7, 11) is 0. The number of carbonyl (C=O) groups excluding carboxylic acids is 1. The van der Waals surface area contributed by atoms with Crippen molar-refractivity contribution in [2.24, 2.45) is 0 Å². The Morgan fingerprint density at radius 1 is 0.758 bits per heavy atom.